The minimum Gasteiger partial charge on any atom is -0.498 e. The summed E-state index contributed by atoms with van der Waals surface area (Å²) in [5.41, 5.74) is 7.03. The first kappa shape index (κ1) is 20.3. The lowest BCUT2D eigenvalue weighted by atomic mass is 9.91. The summed E-state index contributed by atoms with van der Waals surface area (Å²) in [6.45, 7) is 1.74. The van der Waals surface area contributed by atoms with E-state index in [1.165, 1.54) is 6.07 Å². The number of benzene rings is 1. The highest BCUT2D eigenvalue weighted by Gasteiger charge is 2.31. The van der Waals surface area contributed by atoms with E-state index in [0.29, 0.717) is 30.6 Å². The SMILES string of the molecule is COC1=CC2=NC=C=CC(Nc3ccc(F)c(C)c3)=C2CC1OC1CCC(=O)CC1. The number of carbonyl (C=O) groups excluding carboxylic acids is 1. The van der Waals surface area contributed by atoms with Crippen molar-refractivity contribution in [3.8, 4) is 0 Å². The largest absolute Gasteiger partial charge is 0.498 e. The molecule has 1 unspecified atom stereocenters. The summed E-state index contributed by atoms with van der Waals surface area (Å²) >= 11 is 0. The molecular formula is C24H25FN2O3. The van der Waals surface area contributed by atoms with Crippen LogP contribution in [0.1, 0.15) is 37.7 Å². The highest BCUT2D eigenvalue weighted by atomic mass is 19.1. The van der Waals surface area contributed by atoms with E-state index in [0.717, 1.165) is 41.3 Å². The number of nitrogens with zero attached hydrogens (tertiary/aromatic N) is 1. The zero-order valence-corrected chi connectivity index (χ0v) is 17.2. The average molecular weight is 408 g/mol. The van der Waals surface area contributed by atoms with Crippen molar-refractivity contribution in [1.29, 1.82) is 0 Å². The molecule has 0 radical (unpaired) electrons. The third kappa shape index (κ3) is 4.45. The van der Waals surface area contributed by atoms with Crippen LogP contribution in [-0.2, 0) is 14.3 Å². The molecule has 2 aliphatic carbocycles. The van der Waals surface area contributed by atoms with Gasteiger partial charge in [0.15, 0.2) is 0 Å². The van der Waals surface area contributed by atoms with Gasteiger partial charge >= 0.3 is 0 Å². The summed E-state index contributed by atoms with van der Waals surface area (Å²) in [4.78, 5) is 16.0. The van der Waals surface area contributed by atoms with Crippen LogP contribution in [0.5, 0.6) is 0 Å². The number of ether oxygens (including phenoxy) is 2. The molecule has 0 spiro atoms. The molecule has 1 fully saturated rings. The van der Waals surface area contributed by atoms with Crippen LogP contribution in [0.4, 0.5) is 10.1 Å². The Morgan fingerprint density at radius 3 is 2.80 bits per heavy atom. The minimum absolute atomic E-state index is 0.0425. The van der Waals surface area contributed by atoms with Crippen LogP contribution in [0.15, 0.2) is 64.3 Å². The van der Waals surface area contributed by atoms with Crippen LogP contribution in [0, 0.1) is 12.7 Å². The van der Waals surface area contributed by atoms with E-state index in [-0.39, 0.29) is 18.0 Å². The Bertz CT molecular complexity index is 1010. The molecule has 1 atom stereocenters. The summed E-state index contributed by atoms with van der Waals surface area (Å²) in [5, 5.41) is 3.37. The Morgan fingerprint density at radius 1 is 1.27 bits per heavy atom. The van der Waals surface area contributed by atoms with E-state index in [9.17, 15) is 9.18 Å². The summed E-state index contributed by atoms with van der Waals surface area (Å²) < 4.78 is 25.6. The third-order valence-electron chi connectivity index (χ3n) is 5.65. The summed E-state index contributed by atoms with van der Waals surface area (Å²) in [7, 11) is 1.63. The molecular weight excluding hydrogens is 383 g/mol. The number of anilines is 1. The first-order valence-electron chi connectivity index (χ1n) is 10.2. The van der Waals surface area contributed by atoms with E-state index in [4.69, 9.17) is 9.47 Å². The maximum absolute atomic E-state index is 13.6. The van der Waals surface area contributed by atoms with Crippen LogP contribution < -0.4 is 5.32 Å². The number of aryl methyl sites for hydroxylation is 1. The van der Waals surface area contributed by atoms with E-state index >= 15 is 0 Å². The number of aliphatic imine (C=N–C) groups is 1. The van der Waals surface area contributed by atoms with Gasteiger partial charge in [-0.2, -0.15) is 0 Å². The zero-order valence-electron chi connectivity index (χ0n) is 17.2. The van der Waals surface area contributed by atoms with Crippen molar-refractivity contribution in [2.24, 2.45) is 4.99 Å². The number of halogens is 1. The number of hydrogen-bond donors (Lipinski definition) is 1. The van der Waals surface area contributed by atoms with Crippen molar-refractivity contribution < 1.29 is 18.7 Å². The highest BCUT2D eigenvalue weighted by molar-refractivity contribution is 6.11. The molecule has 156 valence electrons. The number of methoxy groups -OCH3 is 1. The molecule has 0 bridgehead atoms. The maximum Gasteiger partial charge on any atom is 0.133 e. The fourth-order valence-electron chi connectivity index (χ4n) is 3.96. The maximum atomic E-state index is 13.6. The van der Waals surface area contributed by atoms with Crippen LogP contribution in [0.2, 0.25) is 0 Å². The van der Waals surface area contributed by atoms with Crippen molar-refractivity contribution in [1.82, 2.24) is 0 Å². The molecule has 0 aromatic heterocycles. The van der Waals surface area contributed by atoms with Gasteiger partial charge in [-0.05, 0) is 43.5 Å². The molecule has 1 saturated carbocycles. The predicted molar refractivity (Wildman–Crippen MR) is 114 cm³/mol. The summed E-state index contributed by atoms with van der Waals surface area (Å²) in [6.07, 6.45) is 8.36. The monoisotopic (exact) mass is 408 g/mol. The zero-order chi connectivity index (χ0) is 21.1. The Balaban J connectivity index is 1.62. The Kier molecular flexibility index (Phi) is 5.98. The van der Waals surface area contributed by atoms with E-state index in [1.807, 2.05) is 12.2 Å². The third-order valence-corrected chi connectivity index (χ3v) is 5.65. The van der Waals surface area contributed by atoms with Crippen molar-refractivity contribution in [2.75, 3.05) is 12.4 Å². The topological polar surface area (TPSA) is 59.9 Å². The van der Waals surface area contributed by atoms with Crippen molar-refractivity contribution in [3.05, 3.63) is 70.7 Å². The molecule has 1 N–H and O–H groups in total. The fraction of sp³-hybridized carbons (Fsp3) is 0.375. The van der Waals surface area contributed by atoms with Gasteiger partial charge in [-0.15, -0.1) is 0 Å². The number of carbonyl (C=O) groups is 1. The summed E-state index contributed by atoms with van der Waals surface area (Å²) in [6, 6.07) is 4.93. The Morgan fingerprint density at radius 2 is 2.07 bits per heavy atom. The predicted octanol–water partition coefficient (Wildman–Crippen LogP) is 4.75. The number of allylic oxidation sites excluding steroid dienone is 2. The highest BCUT2D eigenvalue weighted by Crippen LogP contribution is 2.32. The normalized spacial score (nSPS) is 21.7. The molecule has 1 heterocycles. The smallest absolute Gasteiger partial charge is 0.133 e. The van der Waals surface area contributed by atoms with E-state index < -0.39 is 0 Å². The van der Waals surface area contributed by atoms with Gasteiger partial charge in [0.1, 0.15) is 23.5 Å². The van der Waals surface area contributed by atoms with Gasteiger partial charge in [-0.3, -0.25) is 4.79 Å². The van der Waals surface area contributed by atoms with Gasteiger partial charge < -0.3 is 14.8 Å². The number of Topliss-reactive ketones (excluding diaryl/α,β-unsaturated/α-hetero) is 1. The van der Waals surface area contributed by atoms with Gasteiger partial charge in [0.25, 0.3) is 0 Å². The van der Waals surface area contributed by atoms with Crippen LogP contribution in [-0.4, -0.2) is 30.8 Å². The Hall–Kier alpha value is -2.95. The quantitative estimate of drug-likeness (QED) is 0.714. The van der Waals surface area contributed by atoms with Gasteiger partial charge in [0.2, 0.25) is 0 Å². The van der Waals surface area contributed by atoms with Crippen LogP contribution >= 0.6 is 0 Å². The van der Waals surface area contributed by atoms with E-state index in [2.05, 4.69) is 16.0 Å². The molecule has 30 heavy (non-hydrogen) atoms. The van der Waals surface area contributed by atoms with Crippen LogP contribution in [0.3, 0.4) is 0 Å². The van der Waals surface area contributed by atoms with Crippen molar-refractivity contribution >= 4 is 17.2 Å². The van der Waals surface area contributed by atoms with Gasteiger partial charge in [-0.1, -0.05) is 5.73 Å². The molecule has 1 aromatic rings. The fourth-order valence-corrected chi connectivity index (χ4v) is 3.96. The number of fused-ring (bicyclic) bond motifs is 1. The number of nitrogens with one attached hydrogen (secondary N) is 1. The van der Waals surface area contributed by atoms with E-state index in [1.54, 1.807) is 32.4 Å². The first-order chi connectivity index (χ1) is 14.5. The molecule has 1 aromatic carbocycles. The lowest BCUT2D eigenvalue weighted by Gasteiger charge is -2.31. The van der Waals surface area contributed by atoms with Crippen molar-refractivity contribution in [2.45, 2.75) is 51.2 Å². The van der Waals surface area contributed by atoms with Gasteiger partial charge in [-0.25, -0.2) is 9.38 Å². The molecule has 6 heteroatoms. The first-order valence-corrected chi connectivity index (χ1v) is 10.2. The second-order valence-electron chi connectivity index (χ2n) is 7.75. The second-order valence-corrected chi connectivity index (χ2v) is 7.75. The standard InChI is InChI=1S/C24H25FN2O3/c1-15-12-16(5-10-20(15)25)27-21-4-3-11-26-22-14-23(29-2)24(13-19(21)22)30-18-8-6-17(28)7-9-18/h4-5,10-12,14,18,24,27H,6-9,13H2,1-2H3. The average Bonchev–Trinajstić information content (AvgIpc) is 2.93. The minimum atomic E-state index is -0.250. The second kappa shape index (κ2) is 8.82. The molecule has 0 amide bonds. The molecule has 0 saturated heterocycles. The van der Waals surface area contributed by atoms with Gasteiger partial charge in [0.05, 0.1) is 30.8 Å². The molecule has 1 aliphatic heterocycles. The number of ketones is 1. The molecule has 4 rings (SSSR count). The number of rotatable bonds is 5. The van der Waals surface area contributed by atoms with Gasteiger partial charge in [0, 0.05) is 42.7 Å². The molecule has 3 aliphatic rings. The lowest BCUT2D eigenvalue weighted by molar-refractivity contribution is -0.124. The van der Waals surface area contributed by atoms with Crippen LogP contribution in [0.25, 0.3) is 0 Å². The molecule has 5 nitrogen and oxygen atoms in total. The lowest BCUT2D eigenvalue weighted by Crippen LogP contribution is -2.32. The van der Waals surface area contributed by atoms with Crippen molar-refractivity contribution in [3.63, 3.8) is 0 Å². The Labute approximate surface area is 175 Å². The number of hydrogen-bond acceptors (Lipinski definition) is 5. The summed E-state index contributed by atoms with van der Waals surface area (Å²) in [5.74, 6) is 0.794.